The van der Waals surface area contributed by atoms with E-state index in [2.05, 4.69) is 25.7 Å². The maximum atomic E-state index is 12.4. The normalized spacial score (nSPS) is 11.6. The molecule has 2 amide bonds. The number of halogens is 1. The van der Waals surface area contributed by atoms with Gasteiger partial charge in [-0.25, -0.2) is 14.6 Å². The summed E-state index contributed by atoms with van der Waals surface area (Å²) in [5, 5.41) is 10.1. The lowest BCUT2D eigenvalue weighted by atomic mass is 10.0. The molecule has 9 heteroatoms. The molecule has 8 nitrogen and oxygen atoms in total. The second-order valence-electron chi connectivity index (χ2n) is 5.80. The molecule has 1 aromatic carbocycles. The van der Waals surface area contributed by atoms with Crippen LogP contribution in [0.25, 0.3) is 5.82 Å². The van der Waals surface area contributed by atoms with E-state index >= 15 is 0 Å². The fourth-order valence-corrected chi connectivity index (χ4v) is 2.64. The van der Waals surface area contributed by atoms with Crippen LogP contribution in [-0.2, 0) is 9.59 Å². The average Bonchev–Trinajstić information content (AvgIpc) is 3.17. The quantitative estimate of drug-likeness (QED) is 0.680. The van der Waals surface area contributed by atoms with E-state index in [1.807, 2.05) is 0 Å². The Balaban J connectivity index is 1.66. The molecule has 1 atom stereocenters. The van der Waals surface area contributed by atoms with Crippen LogP contribution in [0.15, 0.2) is 55.2 Å². The van der Waals surface area contributed by atoms with Crippen molar-refractivity contribution in [2.45, 2.75) is 19.4 Å². The molecule has 0 spiro atoms. The second kappa shape index (κ2) is 8.41. The lowest BCUT2D eigenvalue weighted by molar-refractivity contribution is -0.120. The van der Waals surface area contributed by atoms with Crippen molar-refractivity contribution < 1.29 is 9.59 Å². The molecule has 3 rings (SSSR count). The molecule has 0 aliphatic carbocycles. The minimum atomic E-state index is -0.456. The van der Waals surface area contributed by atoms with Crippen LogP contribution in [0.1, 0.15) is 24.9 Å². The zero-order valence-corrected chi connectivity index (χ0v) is 15.2. The highest BCUT2D eigenvalue weighted by atomic mass is 35.5. The second-order valence-corrected chi connectivity index (χ2v) is 6.24. The van der Waals surface area contributed by atoms with Crippen molar-refractivity contribution in [1.29, 1.82) is 0 Å². The number of anilines is 1. The van der Waals surface area contributed by atoms with E-state index in [0.29, 0.717) is 16.5 Å². The highest BCUT2D eigenvalue weighted by molar-refractivity contribution is 6.30. The van der Waals surface area contributed by atoms with Crippen molar-refractivity contribution in [3.8, 4) is 5.82 Å². The number of aromatic nitrogens is 4. The Kier molecular flexibility index (Phi) is 5.77. The first-order valence-electron chi connectivity index (χ1n) is 8.15. The number of nitrogens with zero attached hydrogens (tertiary/aromatic N) is 4. The van der Waals surface area contributed by atoms with Crippen LogP contribution in [0, 0.1) is 0 Å². The topological polar surface area (TPSA) is 102 Å². The minimum Gasteiger partial charge on any atom is -0.349 e. The van der Waals surface area contributed by atoms with Crippen molar-refractivity contribution >= 4 is 29.1 Å². The van der Waals surface area contributed by atoms with Gasteiger partial charge in [-0.15, -0.1) is 0 Å². The predicted octanol–water partition coefficient (Wildman–Crippen LogP) is 2.52. The van der Waals surface area contributed by atoms with E-state index in [0.717, 1.165) is 5.56 Å². The monoisotopic (exact) mass is 384 g/mol. The molecule has 2 aromatic heterocycles. The third-order valence-electron chi connectivity index (χ3n) is 3.72. The fourth-order valence-electron chi connectivity index (χ4n) is 2.51. The molecule has 0 unspecified atom stereocenters. The summed E-state index contributed by atoms with van der Waals surface area (Å²) in [5.41, 5.74) is 1.34. The van der Waals surface area contributed by atoms with Crippen LogP contribution < -0.4 is 10.6 Å². The first-order chi connectivity index (χ1) is 13.0. The standard InChI is InChI=1S/C18H17ClN6O2/c1-12(26)23-16(13-2-4-14(19)5-3-13)8-18(27)24-15-6-7-17(21-9-15)25-11-20-10-22-25/h2-7,9-11,16H,8H2,1H3,(H,23,26)(H,24,27)/t16-/m1/s1. The smallest absolute Gasteiger partial charge is 0.226 e. The molecule has 3 aromatic rings. The lowest BCUT2D eigenvalue weighted by Gasteiger charge is -2.18. The first-order valence-corrected chi connectivity index (χ1v) is 8.52. The molecule has 0 bridgehead atoms. The molecule has 27 heavy (non-hydrogen) atoms. The number of carbonyl (C=O) groups is 2. The summed E-state index contributed by atoms with van der Waals surface area (Å²) >= 11 is 5.90. The third-order valence-corrected chi connectivity index (χ3v) is 3.98. The zero-order chi connectivity index (χ0) is 19.2. The molecule has 0 radical (unpaired) electrons. The predicted molar refractivity (Wildman–Crippen MR) is 100 cm³/mol. The number of nitrogens with one attached hydrogen (secondary N) is 2. The Morgan fingerprint density at radius 1 is 1.19 bits per heavy atom. The van der Waals surface area contributed by atoms with E-state index in [4.69, 9.17) is 11.6 Å². The Morgan fingerprint density at radius 2 is 1.96 bits per heavy atom. The molecule has 0 aliphatic rings. The Bertz CT molecular complexity index is 910. The maximum absolute atomic E-state index is 12.4. The molecule has 138 valence electrons. The van der Waals surface area contributed by atoms with Gasteiger partial charge in [0.25, 0.3) is 0 Å². The SMILES string of the molecule is CC(=O)N[C@H](CC(=O)Nc1ccc(-n2cncn2)nc1)c1ccc(Cl)cc1. The van der Waals surface area contributed by atoms with Crippen molar-refractivity contribution in [2.75, 3.05) is 5.32 Å². The van der Waals surface area contributed by atoms with Gasteiger partial charge in [0.05, 0.1) is 24.3 Å². The summed E-state index contributed by atoms with van der Waals surface area (Å²) in [4.78, 5) is 32.0. The first kappa shape index (κ1) is 18.5. The summed E-state index contributed by atoms with van der Waals surface area (Å²) in [6.07, 6.45) is 4.55. The van der Waals surface area contributed by atoms with E-state index in [9.17, 15) is 9.59 Å². The molecule has 0 saturated carbocycles. The van der Waals surface area contributed by atoms with E-state index in [1.165, 1.54) is 30.5 Å². The van der Waals surface area contributed by atoms with Crippen LogP contribution >= 0.6 is 11.6 Å². The van der Waals surface area contributed by atoms with Gasteiger partial charge in [0, 0.05) is 11.9 Å². The van der Waals surface area contributed by atoms with Crippen molar-refractivity contribution in [3.05, 3.63) is 65.8 Å². The van der Waals surface area contributed by atoms with Crippen LogP contribution in [0.4, 0.5) is 5.69 Å². The van der Waals surface area contributed by atoms with Gasteiger partial charge < -0.3 is 10.6 Å². The molecule has 0 saturated heterocycles. The van der Waals surface area contributed by atoms with Gasteiger partial charge in [0.1, 0.15) is 12.7 Å². The highest BCUT2D eigenvalue weighted by Gasteiger charge is 2.17. The largest absolute Gasteiger partial charge is 0.349 e. The minimum absolute atomic E-state index is 0.0754. The summed E-state index contributed by atoms with van der Waals surface area (Å²) in [5.74, 6) is 0.114. The summed E-state index contributed by atoms with van der Waals surface area (Å²) in [6, 6.07) is 9.98. The average molecular weight is 385 g/mol. The molecule has 2 N–H and O–H groups in total. The number of pyridine rings is 1. The van der Waals surface area contributed by atoms with Crippen molar-refractivity contribution in [3.63, 3.8) is 0 Å². The summed E-state index contributed by atoms with van der Waals surface area (Å²) in [7, 11) is 0. The maximum Gasteiger partial charge on any atom is 0.226 e. The number of benzene rings is 1. The van der Waals surface area contributed by atoms with Crippen LogP contribution in [0.3, 0.4) is 0 Å². The van der Waals surface area contributed by atoms with Gasteiger partial charge >= 0.3 is 0 Å². The van der Waals surface area contributed by atoms with Crippen LogP contribution in [0.2, 0.25) is 5.02 Å². The van der Waals surface area contributed by atoms with Gasteiger partial charge in [0.2, 0.25) is 11.8 Å². The van der Waals surface area contributed by atoms with Gasteiger partial charge in [-0.05, 0) is 29.8 Å². The number of hydrogen-bond donors (Lipinski definition) is 2. The molecule has 0 aliphatic heterocycles. The fraction of sp³-hybridized carbons (Fsp3) is 0.167. The van der Waals surface area contributed by atoms with Crippen LogP contribution in [0.5, 0.6) is 0 Å². The number of hydrogen-bond acceptors (Lipinski definition) is 5. The third kappa shape index (κ3) is 5.11. The van der Waals surface area contributed by atoms with Gasteiger partial charge in [-0.1, -0.05) is 23.7 Å². The van der Waals surface area contributed by atoms with E-state index < -0.39 is 6.04 Å². The van der Waals surface area contributed by atoms with Crippen molar-refractivity contribution in [2.24, 2.45) is 0 Å². The molecule has 0 fully saturated rings. The summed E-state index contributed by atoms with van der Waals surface area (Å²) < 4.78 is 1.51. The highest BCUT2D eigenvalue weighted by Crippen LogP contribution is 2.20. The Hall–Kier alpha value is -3.26. The molecular formula is C18H17ClN6O2. The Morgan fingerprint density at radius 3 is 2.56 bits per heavy atom. The summed E-state index contributed by atoms with van der Waals surface area (Å²) in [6.45, 7) is 1.41. The van der Waals surface area contributed by atoms with Gasteiger partial charge in [-0.3, -0.25) is 9.59 Å². The molecule has 2 heterocycles. The van der Waals surface area contributed by atoms with E-state index in [1.54, 1.807) is 36.4 Å². The van der Waals surface area contributed by atoms with Crippen molar-refractivity contribution in [1.82, 2.24) is 25.1 Å². The zero-order valence-electron chi connectivity index (χ0n) is 14.5. The number of amides is 2. The lowest BCUT2D eigenvalue weighted by Crippen LogP contribution is -2.29. The van der Waals surface area contributed by atoms with Crippen LogP contribution in [-0.4, -0.2) is 31.6 Å². The molecular weight excluding hydrogens is 368 g/mol. The number of carbonyl (C=O) groups excluding carboxylic acids is 2. The van der Waals surface area contributed by atoms with E-state index in [-0.39, 0.29) is 18.2 Å². The van der Waals surface area contributed by atoms with Gasteiger partial charge in [0.15, 0.2) is 5.82 Å². The van der Waals surface area contributed by atoms with Gasteiger partial charge in [-0.2, -0.15) is 5.10 Å². The Labute approximate surface area is 160 Å². The number of rotatable bonds is 6.